The van der Waals surface area contributed by atoms with Gasteiger partial charge >= 0.3 is 0 Å². The van der Waals surface area contributed by atoms with Gasteiger partial charge in [-0.15, -0.1) is 18.3 Å². The van der Waals surface area contributed by atoms with E-state index in [1.54, 1.807) is 18.9 Å². The van der Waals surface area contributed by atoms with Gasteiger partial charge in [-0.3, -0.25) is 4.79 Å². The fraction of sp³-hybridized carbons (Fsp3) is 0.286. The molecular weight excluding hydrogens is 344 g/mol. The van der Waals surface area contributed by atoms with Crippen molar-refractivity contribution in [2.24, 2.45) is 0 Å². The molecule has 1 aliphatic rings. The summed E-state index contributed by atoms with van der Waals surface area (Å²) in [6.45, 7) is 6.77. The Bertz CT molecular complexity index is 770. The number of ether oxygens (including phenoxy) is 1. The zero-order valence-corrected chi connectivity index (χ0v) is 15.9. The first-order chi connectivity index (χ1) is 12.7. The zero-order chi connectivity index (χ0) is 18.4. The van der Waals surface area contributed by atoms with Gasteiger partial charge in [0.05, 0.1) is 18.4 Å². The molecule has 0 aliphatic carbocycles. The molecule has 3 rings (SSSR count). The van der Waals surface area contributed by atoms with Crippen LogP contribution in [0.5, 0.6) is 5.75 Å². The minimum Gasteiger partial charge on any atom is -0.495 e. The third-order valence-electron chi connectivity index (χ3n) is 4.47. The summed E-state index contributed by atoms with van der Waals surface area (Å²) in [7, 11) is 1.69. The van der Waals surface area contributed by atoms with E-state index >= 15 is 0 Å². The molecule has 0 N–H and O–H groups in total. The van der Waals surface area contributed by atoms with Crippen molar-refractivity contribution in [2.45, 2.75) is 4.90 Å². The maximum absolute atomic E-state index is 13.0. The monoisotopic (exact) mass is 368 g/mol. The molecular formula is C21H24N2O2S. The highest BCUT2D eigenvalue weighted by Gasteiger charge is 2.24. The van der Waals surface area contributed by atoms with Crippen LogP contribution in [0.4, 0.5) is 5.69 Å². The van der Waals surface area contributed by atoms with Crippen LogP contribution in [0, 0.1) is 0 Å². The van der Waals surface area contributed by atoms with Gasteiger partial charge in [0.15, 0.2) is 0 Å². The van der Waals surface area contributed by atoms with E-state index in [1.807, 2.05) is 53.4 Å². The highest BCUT2D eigenvalue weighted by molar-refractivity contribution is 7.99. The number of anilines is 1. The van der Waals surface area contributed by atoms with Gasteiger partial charge in [-0.1, -0.05) is 30.3 Å². The molecule has 1 amide bonds. The number of hydrogen-bond donors (Lipinski definition) is 0. The van der Waals surface area contributed by atoms with Gasteiger partial charge in [0.25, 0.3) is 5.91 Å². The van der Waals surface area contributed by atoms with Crippen LogP contribution in [-0.2, 0) is 0 Å². The highest BCUT2D eigenvalue weighted by Crippen LogP contribution is 2.29. The second kappa shape index (κ2) is 8.81. The summed E-state index contributed by atoms with van der Waals surface area (Å²) in [6.07, 6.45) is 1.86. The molecule has 0 aromatic heterocycles. The summed E-state index contributed by atoms with van der Waals surface area (Å²) in [5, 5.41) is 0. The molecule has 0 saturated carbocycles. The number of thioether (sulfide) groups is 1. The molecule has 1 aliphatic heterocycles. The number of carbonyl (C=O) groups is 1. The number of hydrogen-bond acceptors (Lipinski definition) is 4. The van der Waals surface area contributed by atoms with Crippen molar-refractivity contribution < 1.29 is 9.53 Å². The van der Waals surface area contributed by atoms with Crippen molar-refractivity contribution in [1.29, 1.82) is 0 Å². The molecule has 26 heavy (non-hydrogen) atoms. The summed E-state index contributed by atoms with van der Waals surface area (Å²) in [5.41, 5.74) is 1.87. The molecule has 0 spiro atoms. The molecule has 0 atom stereocenters. The Morgan fingerprint density at radius 1 is 1.12 bits per heavy atom. The second-order valence-corrected chi connectivity index (χ2v) is 7.11. The number of piperazine rings is 1. The minimum absolute atomic E-state index is 0.108. The number of para-hydroxylation sites is 2. The Balaban J connectivity index is 1.68. The number of rotatable bonds is 6. The standard InChI is InChI=1S/C21H24N2O2S/c1-3-16-26-20-11-7-4-8-17(20)21(24)23-14-12-22(13-15-23)18-9-5-6-10-19(18)25-2/h3-11H,1,12-16H2,2H3. The smallest absolute Gasteiger partial charge is 0.255 e. The molecule has 5 heteroatoms. The van der Waals surface area contributed by atoms with Crippen molar-refractivity contribution in [3.63, 3.8) is 0 Å². The topological polar surface area (TPSA) is 32.8 Å². The van der Waals surface area contributed by atoms with Crippen molar-refractivity contribution in [2.75, 3.05) is 43.9 Å². The van der Waals surface area contributed by atoms with E-state index < -0.39 is 0 Å². The Kier molecular flexibility index (Phi) is 6.23. The molecule has 0 radical (unpaired) electrons. The van der Waals surface area contributed by atoms with Crippen molar-refractivity contribution in [1.82, 2.24) is 4.90 Å². The van der Waals surface area contributed by atoms with Crippen molar-refractivity contribution in [3.8, 4) is 5.75 Å². The van der Waals surface area contributed by atoms with Gasteiger partial charge in [-0.05, 0) is 24.3 Å². The molecule has 0 bridgehead atoms. The van der Waals surface area contributed by atoms with E-state index in [9.17, 15) is 4.79 Å². The van der Waals surface area contributed by atoms with Crippen LogP contribution < -0.4 is 9.64 Å². The molecule has 136 valence electrons. The first-order valence-corrected chi connectivity index (χ1v) is 9.73. The lowest BCUT2D eigenvalue weighted by Crippen LogP contribution is -2.49. The van der Waals surface area contributed by atoms with E-state index in [1.165, 1.54) is 0 Å². The minimum atomic E-state index is 0.108. The lowest BCUT2D eigenvalue weighted by atomic mass is 10.1. The first-order valence-electron chi connectivity index (χ1n) is 8.74. The Morgan fingerprint density at radius 2 is 1.81 bits per heavy atom. The van der Waals surface area contributed by atoms with Crippen LogP contribution in [0.2, 0.25) is 0 Å². The lowest BCUT2D eigenvalue weighted by Gasteiger charge is -2.36. The fourth-order valence-corrected chi connectivity index (χ4v) is 3.91. The number of nitrogens with zero attached hydrogens (tertiary/aromatic N) is 2. The Morgan fingerprint density at radius 3 is 2.54 bits per heavy atom. The van der Waals surface area contributed by atoms with Gasteiger partial charge in [0.1, 0.15) is 5.75 Å². The van der Waals surface area contributed by atoms with E-state index in [0.717, 1.165) is 40.7 Å². The van der Waals surface area contributed by atoms with Gasteiger partial charge in [-0.25, -0.2) is 0 Å². The predicted octanol–water partition coefficient (Wildman–Crippen LogP) is 3.94. The van der Waals surface area contributed by atoms with Gasteiger partial charge in [-0.2, -0.15) is 0 Å². The normalized spacial score (nSPS) is 14.2. The van der Waals surface area contributed by atoms with Crippen LogP contribution in [0.3, 0.4) is 0 Å². The summed E-state index contributed by atoms with van der Waals surface area (Å²) in [6, 6.07) is 15.9. The van der Waals surface area contributed by atoms with Crippen molar-refractivity contribution in [3.05, 3.63) is 66.7 Å². The number of amides is 1. The molecule has 1 fully saturated rings. The van der Waals surface area contributed by atoms with Crippen LogP contribution >= 0.6 is 11.8 Å². The first kappa shape index (κ1) is 18.4. The highest BCUT2D eigenvalue weighted by atomic mass is 32.2. The Hall–Kier alpha value is -2.40. The van der Waals surface area contributed by atoms with E-state index in [-0.39, 0.29) is 5.91 Å². The maximum Gasteiger partial charge on any atom is 0.255 e. The van der Waals surface area contributed by atoms with E-state index in [2.05, 4.69) is 17.5 Å². The number of carbonyl (C=O) groups excluding carboxylic acids is 1. The molecule has 2 aromatic rings. The molecule has 0 unspecified atom stereocenters. The predicted molar refractivity (Wildman–Crippen MR) is 108 cm³/mol. The average Bonchev–Trinajstić information content (AvgIpc) is 2.72. The third kappa shape index (κ3) is 4.05. The Labute approximate surface area is 159 Å². The summed E-state index contributed by atoms with van der Waals surface area (Å²) < 4.78 is 5.46. The second-order valence-electron chi connectivity index (χ2n) is 6.05. The maximum atomic E-state index is 13.0. The summed E-state index contributed by atoms with van der Waals surface area (Å²) in [4.78, 5) is 18.2. The average molecular weight is 369 g/mol. The van der Waals surface area contributed by atoms with Crippen LogP contribution in [0.1, 0.15) is 10.4 Å². The molecule has 1 heterocycles. The molecule has 1 saturated heterocycles. The van der Waals surface area contributed by atoms with Crippen LogP contribution in [0.25, 0.3) is 0 Å². The lowest BCUT2D eigenvalue weighted by molar-refractivity contribution is 0.0743. The van der Waals surface area contributed by atoms with Crippen LogP contribution in [-0.4, -0.2) is 49.8 Å². The summed E-state index contributed by atoms with van der Waals surface area (Å²) >= 11 is 1.65. The van der Waals surface area contributed by atoms with Crippen LogP contribution in [0.15, 0.2) is 66.1 Å². The van der Waals surface area contributed by atoms with E-state index in [4.69, 9.17) is 4.74 Å². The van der Waals surface area contributed by atoms with Gasteiger partial charge in [0.2, 0.25) is 0 Å². The van der Waals surface area contributed by atoms with Crippen molar-refractivity contribution >= 4 is 23.4 Å². The largest absolute Gasteiger partial charge is 0.495 e. The molecule has 4 nitrogen and oxygen atoms in total. The number of methoxy groups -OCH3 is 1. The van der Waals surface area contributed by atoms with Gasteiger partial charge in [0, 0.05) is 36.8 Å². The van der Waals surface area contributed by atoms with E-state index in [0.29, 0.717) is 13.1 Å². The summed E-state index contributed by atoms with van der Waals surface area (Å²) in [5.74, 6) is 1.78. The van der Waals surface area contributed by atoms with Gasteiger partial charge < -0.3 is 14.5 Å². The zero-order valence-electron chi connectivity index (χ0n) is 15.1. The number of benzene rings is 2. The SMILES string of the molecule is C=CCSc1ccccc1C(=O)N1CCN(c2ccccc2OC)CC1. The fourth-order valence-electron chi connectivity index (χ4n) is 3.13. The third-order valence-corrected chi connectivity index (χ3v) is 5.54. The molecule has 2 aromatic carbocycles. The quantitative estimate of drug-likeness (QED) is 0.571.